The number of nitrogens with zero attached hydrogens (tertiary/aromatic N) is 2. The SMILES string of the molecule is CCN(CC)Cc1ccc(C(C(=O)O)N(C)CCO)cc1. The molecule has 21 heavy (non-hydrogen) atoms. The molecule has 1 rings (SSSR count). The largest absolute Gasteiger partial charge is 0.480 e. The number of aliphatic hydroxyl groups is 1. The van der Waals surface area contributed by atoms with Crippen LogP contribution in [0.1, 0.15) is 31.0 Å². The molecule has 1 aromatic carbocycles. The Morgan fingerprint density at radius 2 is 1.76 bits per heavy atom. The fraction of sp³-hybridized carbons (Fsp3) is 0.562. The minimum atomic E-state index is -0.901. The Balaban J connectivity index is 2.85. The zero-order chi connectivity index (χ0) is 15.8. The number of benzene rings is 1. The Bertz CT molecular complexity index is 430. The van der Waals surface area contributed by atoms with Gasteiger partial charge in [-0.2, -0.15) is 0 Å². The van der Waals surface area contributed by atoms with Crippen molar-refractivity contribution >= 4 is 5.97 Å². The predicted molar refractivity (Wildman–Crippen MR) is 83.2 cm³/mol. The van der Waals surface area contributed by atoms with Crippen LogP contribution in [0.25, 0.3) is 0 Å². The first-order chi connectivity index (χ1) is 10.0. The van der Waals surface area contributed by atoms with Crippen molar-refractivity contribution in [3.8, 4) is 0 Å². The van der Waals surface area contributed by atoms with E-state index in [4.69, 9.17) is 5.11 Å². The van der Waals surface area contributed by atoms with E-state index in [-0.39, 0.29) is 6.61 Å². The second-order valence-electron chi connectivity index (χ2n) is 5.15. The summed E-state index contributed by atoms with van der Waals surface area (Å²) >= 11 is 0. The smallest absolute Gasteiger partial charge is 0.325 e. The van der Waals surface area contributed by atoms with Crippen LogP contribution in [0.4, 0.5) is 0 Å². The highest BCUT2D eigenvalue weighted by Gasteiger charge is 2.24. The Hall–Kier alpha value is -1.43. The van der Waals surface area contributed by atoms with Gasteiger partial charge in [-0.05, 0) is 31.3 Å². The van der Waals surface area contributed by atoms with Crippen molar-refractivity contribution < 1.29 is 15.0 Å². The van der Waals surface area contributed by atoms with Gasteiger partial charge in [0.15, 0.2) is 0 Å². The highest BCUT2D eigenvalue weighted by atomic mass is 16.4. The van der Waals surface area contributed by atoms with E-state index in [1.165, 1.54) is 5.56 Å². The normalized spacial score (nSPS) is 12.9. The predicted octanol–water partition coefficient (Wildman–Crippen LogP) is 1.58. The summed E-state index contributed by atoms with van der Waals surface area (Å²) in [4.78, 5) is 15.4. The number of carboxylic acid groups (broad SMARTS) is 1. The number of hydrogen-bond acceptors (Lipinski definition) is 4. The second-order valence-corrected chi connectivity index (χ2v) is 5.15. The van der Waals surface area contributed by atoms with E-state index in [2.05, 4.69) is 18.7 Å². The number of hydrogen-bond donors (Lipinski definition) is 2. The lowest BCUT2D eigenvalue weighted by Gasteiger charge is -2.24. The molecule has 2 N–H and O–H groups in total. The summed E-state index contributed by atoms with van der Waals surface area (Å²) in [5.74, 6) is -0.901. The van der Waals surface area contributed by atoms with Crippen molar-refractivity contribution in [1.29, 1.82) is 0 Å². The van der Waals surface area contributed by atoms with E-state index in [0.717, 1.165) is 25.2 Å². The lowest BCUT2D eigenvalue weighted by Crippen LogP contribution is -2.33. The van der Waals surface area contributed by atoms with Crippen LogP contribution in [-0.4, -0.2) is 59.3 Å². The van der Waals surface area contributed by atoms with Crippen LogP contribution in [0.3, 0.4) is 0 Å². The standard InChI is InChI=1S/C16H26N2O3/c1-4-18(5-2)12-13-6-8-14(9-7-13)15(16(20)21)17(3)10-11-19/h6-9,15,19H,4-5,10-12H2,1-3H3,(H,20,21). The molecule has 1 unspecified atom stereocenters. The van der Waals surface area contributed by atoms with Crippen LogP contribution < -0.4 is 0 Å². The third-order valence-corrected chi connectivity index (χ3v) is 3.72. The molecular weight excluding hydrogens is 268 g/mol. The van der Waals surface area contributed by atoms with Crippen molar-refractivity contribution in [2.45, 2.75) is 26.4 Å². The summed E-state index contributed by atoms with van der Waals surface area (Å²) in [7, 11) is 1.71. The van der Waals surface area contributed by atoms with Gasteiger partial charge in [-0.25, -0.2) is 0 Å². The summed E-state index contributed by atoms with van der Waals surface area (Å²) in [6.07, 6.45) is 0. The zero-order valence-corrected chi connectivity index (χ0v) is 13.1. The second kappa shape index (κ2) is 8.77. The van der Waals surface area contributed by atoms with Crippen LogP contribution >= 0.6 is 0 Å². The molecule has 0 spiro atoms. The van der Waals surface area contributed by atoms with E-state index in [1.54, 1.807) is 11.9 Å². The molecule has 0 aliphatic carbocycles. The van der Waals surface area contributed by atoms with Gasteiger partial charge in [0.25, 0.3) is 0 Å². The maximum atomic E-state index is 11.4. The summed E-state index contributed by atoms with van der Waals surface area (Å²) < 4.78 is 0. The first-order valence-electron chi connectivity index (χ1n) is 7.38. The van der Waals surface area contributed by atoms with E-state index < -0.39 is 12.0 Å². The number of aliphatic carboxylic acids is 1. The van der Waals surface area contributed by atoms with Crippen LogP contribution in [-0.2, 0) is 11.3 Å². The quantitative estimate of drug-likeness (QED) is 0.724. The average Bonchev–Trinajstić information content (AvgIpc) is 2.46. The van der Waals surface area contributed by atoms with Crippen LogP contribution in [0.15, 0.2) is 24.3 Å². The molecule has 0 heterocycles. The van der Waals surface area contributed by atoms with Crippen LogP contribution in [0.5, 0.6) is 0 Å². The maximum absolute atomic E-state index is 11.4. The molecule has 0 aromatic heterocycles. The van der Waals surface area contributed by atoms with E-state index in [0.29, 0.717) is 6.54 Å². The molecule has 118 valence electrons. The van der Waals surface area contributed by atoms with Gasteiger partial charge in [0, 0.05) is 13.1 Å². The van der Waals surface area contributed by atoms with Crippen molar-refractivity contribution in [1.82, 2.24) is 9.80 Å². The van der Waals surface area contributed by atoms with Crippen LogP contribution in [0, 0.1) is 0 Å². The van der Waals surface area contributed by atoms with Gasteiger partial charge < -0.3 is 10.2 Å². The highest BCUT2D eigenvalue weighted by molar-refractivity contribution is 5.75. The summed E-state index contributed by atoms with van der Waals surface area (Å²) in [5, 5.41) is 18.4. The molecule has 1 atom stereocenters. The number of carbonyl (C=O) groups is 1. The summed E-state index contributed by atoms with van der Waals surface area (Å²) in [6, 6.07) is 6.98. The Kier molecular flexibility index (Phi) is 7.36. The molecule has 0 saturated heterocycles. The van der Waals surface area contributed by atoms with E-state index in [1.807, 2.05) is 24.3 Å². The monoisotopic (exact) mass is 294 g/mol. The minimum absolute atomic E-state index is 0.0552. The fourth-order valence-corrected chi connectivity index (χ4v) is 2.38. The summed E-state index contributed by atoms with van der Waals surface area (Å²) in [6.45, 7) is 7.39. The molecule has 0 aliphatic rings. The maximum Gasteiger partial charge on any atom is 0.325 e. The van der Waals surface area contributed by atoms with Gasteiger partial charge in [0.05, 0.1) is 6.61 Å². The Labute approximate surface area is 126 Å². The Morgan fingerprint density at radius 1 is 1.19 bits per heavy atom. The lowest BCUT2D eigenvalue weighted by molar-refractivity contribution is -0.143. The highest BCUT2D eigenvalue weighted by Crippen LogP contribution is 2.20. The van der Waals surface area contributed by atoms with Gasteiger partial charge in [0.1, 0.15) is 6.04 Å². The topological polar surface area (TPSA) is 64.0 Å². The van der Waals surface area contributed by atoms with Crippen molar-refractivity contribution in [2.75, 3.05) is 33.3 Å². The minimum Gasteiger partial charge on any atom is -0.480 e. The number of aliphatic hydroxyl groups excluding tert-OH is 1. The third kappa shape index (κ3) is 5.12. The van der Waals surface area contributed by atoms with Crippen molar-refractivity contribution in [3.63, 3.8) is 0 Å². The third-order valence-electron chi connectivity index (χ3n) is 3.72. The van der Waals surface area contributed by atoms with Gasteiger partial charge >= 0.3 is 5.97 Å². The van der Waals surface area contributed by atoms with Gasteiger partial charge in [-0.1, -0.05) is 38.1 Å². The van der Waals surface area contributed by atoms with E-state index >= 15 is 0 Å². The average molecular weight is 294 g/mol. The van der Waals surface area contributed by atoms with Crippen molar-refractivity contribution in [2.24, 2.45) is 0 Å². The number of carboxylic acids is 1. The molecule has 0 bridgehead atoms. The number of rotatable bonds is 9. The molecule has 0 aliphatic heterocycles. The summed E-state index contributed by atoms with van der Waals surface area (Å²) in [5.41, 5.74) is 1.91. The van der Waals surface area contributed by atoms with Crippen molar-refractivity contribution in [3.05, 3.63) is 35.4 Å². The van der Waals surface area contributed by atoms with Gasteiger partial charge in [-0.3, -0.25) is 14.6 Å². The molecule has 1 aromatic rings. The van der Waals surface area contributed by atoms with Gasteiger partial charge in [-0.15, -0.1) is 0 Å². The molecule has 0 amide bonds. The zero-order valence-electron chi connectivity index (χ0n) is 13.1. The first kappa shape index (κ1) is 17.6. The lowest BCUT2D eigenvalue weighted by atomic mass is 10.0. The first-order valence-corrected chi connectivity index (χ1v) is 7.38. The molecule has 0 saturated carbocycles. The van der Waals surface area contributed by atoms with E-state index in [9.17, 15) is 9.90 Å². The molecular formula is C16H26N2O3. The molecule has 5 nitrogen and oxygen atoms in total. The molecule has 5 heteroatoms. The van der Waals surface area contributed by atoms with Gasteiger partial charge in [0.2, 0.25) is 0 Å². The fourth-order valence-electron chi connectivity index (χ4n) is 2.38. The Morgan fingerprint density at radius 3 is 2.19 bits per heavy atom. The number of likely N-dealkylation sites (N-methyl/N-ethyl adjacent to an activating group) is 1. The molecule has 0 fully saturated rings. The van der Waals surface area contributed by atoms with Crippen LogP contribution in [0.2, 0.25) is 0 Å². The molecule has 0 radical (unpaired) electrons.